The Morgan fingerprint density at radius 2 is 2.00 bits per heavy atom. The van der Waals surface area contributed by atoms with Gasteiger partial charge in [0.2, 0.25) is 0 Å². The molecule has 6 heteroatoms. The minimum atomic E-state index is -4.26. The van der Waals surface area contributed by atoms with E-state index in [0.29, 0.717) is 22.2 Å². The van der Waals surface area contributed by atoms with Gasteiger partial charge >= 0.3 is 0 Å². The molecular weight excluding hydrogens is 242 g/mol. The van der Waals surface area contributed by atoms with Crippen molar-refractivity contribution in [3.63, 3.8) is 0 Å². The van der Waals surface area contributed by atoms with Gasteiger partial charge in [0.1, 0.15) is 5.75 Å². The lowest BCUT2D eigenvalue weighted by Crippen LogP contribution is -2.00. The minimum absolute atomic E-state index is 0.215. The van der Waals surface area contributed by atoms with Crippen molar-refractivity contribution in [2.24, 2.45) is 0 Å². The highest BCUT2D eigenvalue weighted by Crippen LogP contribution is 2.33. The van der Waals surface area contributed by atoms with Crippen molar-refractivity contribution in [3.8, 4) is 5.75 Å². The monoisotopic (exact) mass is 253 g/mol. The highest BCUT2D eigenvalue weighted by Gasteiger charge is 2.14. The van der Waals surface area contributed by atoms with E-state index in [4.69, 9.17) is 15.0 Å². The Morgan fingerprint density at radius 1 is 1.29 bits per heavy atom. The first-order chi connectivity index (χ1) is 7.93. The van der Waals surface area contributed by atoms with Crippen molar-refractivity contribution in [2.45, 2.75) is 4.90 Å². The molecule has 0 aliphatic carbocycles. The molecule has 2 aromatic rings. The summed E-state index contributed by atoms with van der Waals surface area (Å²) >= 11 is 0. The Kier molecular flexibility index (Phi) is 2.68. The normalized spacial score (nSPS) is 11.6. The van der Waals surface area contributed by atoms with Crippen LogP contribution >= 0.6 is 0 Å². The van der Waals surface area contributed by atoms with Gasteiger partial charge in [-0.3, -0.25) is 4.55 Å². The van der Waals surface area contributed by atoms with Gasteiger partial charge in [-0.1, -0.05) is 12.1 Å². The van der Waals surface area contributed by atoms with Crippen LogP contribution in [-0.4, -0.2) is 20.1 Å². The number of hydrogen-bond donors (Lipinski definition) is 2. The van der Waals surface area contributed by atoms with Gasteiger partial charge in [0.05, 0.1) is 12.0 Å². The fraction of sp³-hybridized carbons (Fsp3) is 0.0909. The number of fused-ring (bicyclic) bond motifs is 1. The third kappa shape index (κ3) is 2.04. The topological polar surface area (TPSA) is 89.6 Å². The summed E-state index contributed by atoms with van der Waals surface area (Å²) in [4.78, 5) is -0.215. The van der Waals surface area contributed by atoms with Gasteiger partial charge in [0, 0.05) is 17.1 Å². The molecule has 0 bridgehead atoms. The summed E-state index contributed by atoms with van der Waals surface area (Å²) in [6.07, 6.45) is 0. The molecule has 0 aliphatic heterocycles. The average Bonchev–Trinajstić information content (AvgIpc) is 2.26. The van der Waals surface area contributed by atoms with Gasteiger partial charge in [0.25, 0.3) is 10.1 Å². The second-order valence-electron chi connectivity index (χ2n) is 3.55. The van der Waals surface area contributed by atoms with Crippen molar-refractivity contribution in [2.75, 3.05) is 12.8 Å². The number of hydrogen-bond acceptors (Lipinski definition) is 4. The summed E-state index contributed by atoms with van der Waals surface area (Å²) in [6.45, 7) is 0. The van der Waals surface area contributed by atoms with Crippen LogP contribution in [0.25, 0.3) is 10.8 Å². The Labute approximate surface area is 98.6 Å². The van der Waals surface area contributed by atoms with Crippen molar-refractivity contribution in [3.05, 3.63) is 30.3 Å². The van der Waals surface area contributed by atoms with Crippen LogP contribution in [0.1, 0.15) is 0 Å². The molecule has 0 aromatic heterocycles. The molecule has 0 unspecified atom stereocenters. The molecule has 5 nitrogen and oxygen atoms in total. The first-order valence-electron chi connectivity index (χ1n) is 4.77. The van der Waals surface area contributed by atoms with Gasteiger partial charge in [-0.05, 0) is 17.5 Å². The maximum atomic E-state index is 11.1. The molecule has 0 fully saturated rings. The molecule has 17 heavy (non-hydrogen) atoms. The van der Waals surface area contributed by atoms with E-state index in [1.54, 1.807) is 18.2 Å². The zero-order valence-electron chi connectivity index (χ0n) is 9.04. The molecule has 3 N–H and O–H groups in total. The largest absolute Gasteiger partial charge is 0.496 e. The average molecular weight is 253 g/mol. The third-order valence-corrected chi connectivity index (χ3v) is 3.30. The number of anilines is 1. The number of ether oxygens (including phenoxy) is 1. The maximum absolute atomic E-state index is 11.1. The Bertz CT molecular complexity index is 679. The number of benzene rings is 2. The lowest BCUT2D eigenvalue weighted by Gasteiger charge is -2.09. The van der Waals surface area contributed by atoms with Crippen LogP contribution in [0.5, 0.6) is 5.75 Å². The van der Waals surface area contributed by atoms with E-state index in [2.05, 4.69) is 0 Å². The van der Waals surface area contributed by atoms with Crippen molar-refractivity contribution in [1.82, 2.24) is 0 Å². The summed E-state index contributed by atoms with van der Waals surface area (Å²) in [5.41, 5.74) is 6.29. The number of rotatable bonds is 2. The summed E-state index contributed by atoms with van der Waals surface area (Å²) in [6, 6.07) is 7.68. The number of nitrogens with two attached hydrogens (primary N) is 1. The molecule has 2 aromatic carbocycles. The molecule has 0 radical (unpaired) electrons. The molecule has 2 rings (SSSR count). The van der Waals surface area contributed by atoms with Gasteiger partial charge in [-0.25, -0.2) is 0 Å². The summed E-state index contributed by atoms with van der Waals surface area (Å²) in [7, 11) is -2.85. The fourth-order valence-corrected chi connectivity index (χ4v) is 2.23. The van der Waals surface area contributed by atoms with Crippen LogP contribution in [0.15, 0.2) is 35.2 Å². The summed E-state index contributed by atoms with van der Waals surface area (Å²) < 4.78 is 36.3. The predicted octanol–water partition coefficient (Wildman–Crippen LogP) is 1.68. The molecule has 0 atom stereocenters. The van der Waals surface area contributed by atoms with Gasteiger partial charge in [-0.15, -0.1) is 0 Å². The van der Waals surface area contributed by atoms with E-state index in [0.717, 1.165) is 0 Å². The van der Waals surface area contributed by atoms with Crippen LogP contribution in [0, 0.1) is 0 Å². The van der Waals surface area contributed by atoms with Gasteiger partial charge in [-0.2, -0.15) is 8.42 Å². The standard InChI is InChI=1S/C11H11NO4S/c1-16-10-6-8(17(13,14)15)5-7-3-2-4-9(12)11(7)10/h2-6H,12H2,1H3,(H,13,14,15). The molecule has 90 valence electrons. The Hall–Kier alpha value is -1.79. The van der Waals surface area contributed by atoms with Crippen LogP contribution < -0.4 is 10.5 Å². The smallest absolute Gasteiger partial charge is 0.294 e. The Morgan fingerprint density at radius 3 is 2.59 bits per heavy atom. The second-order valence-corrected chi connectivity index (χ2v) is 4.97. The maximum Gasteiger partial charge on any atom is 0.294 e. The van der Waals surface area contributed by atoms with E-state index >= 15 is 0 Å². The van der Waals surface area contributed by atoms with Crippen molar-refractivity contribution >= 4 is 26.6 Å². The lowest BCUT2D eigenvalue weighted by atomic mass is 10.1. The molecule has 0 amide bonds. The molecular formula is C11H11NO4S. The van der Waals surface area contributed by atoms with E-state index in [-0.39, 0.29) is 4.90 Å². The van der Waals surface area contributed by atoms with Crippen molar-refractivity contribution < 1.29 is 17.7 Å². The molecule has 0 saturated carbocycles. The van der Waals surface area contributed by atoms with E-state index < -0.39 is 10.1 Å². The lowest BCUT2D eigenvalue weighted by molar-refractivity contribution is 0.418. The van der Waals surface area contributed by atoms with Crippen molar-refractivity contribution in [1.29, 1.82) is 0 Å². The SMILES string of the molecule is COc1cc(S(=O)(=O)O)cc2cccc(N)c12. The quantitative estimate of drug-likeness (QED) is 0.627. The minimum Gasteiger partial charge on any atom is -0.496 e. The summed E-state index contributed by atoms with van der Waals surface area (Å²) in [5, 5.41) is 1.22. The highest BCUT2D eigenvalue weighted by molar-refractivity contribution is 7.85. The first-order valence-corrected chi connectivity index (χ1v) is 6.21. The zero-order valence-corrected chi connectivity index (χ0v) is 9.86. The fourth-order valence-electron chi connectivity index (χ4n) is 1.70. The van der Waals surface area contributed by atoms with E-state index in [1.165, 1.54) is 19.2 Å². The Balaban J connectivity index is 2.90. The van der Waals surface area contributed by atoms with Gasteiger partial charge < -0.3 is 10.5 Å². The van der Waals surface area contributed by atoms with Crippen LogP contribution in [0.3, 0.4) is 0 Å². The number of methoxy groups -OCH3 is 1. The third-order valence-electron chi connectivity index (χ3n) is 2.46. The van der Waals surface area contributed by atoms with E-state index in [9.17, 15) is 8.42 Å². The molecule has 0 spiro atoms. The highest BCUT2D eigenvalue weighted by atomic mass is 32.2. The second kappa shape index (κ2) is 3.90. The molecule has 0 heterocycles. The number of nitrogen functional groups attached to an aromatic ring is 1. The molecule has 0 aliphatic rings. The van der Waals surface area contributed by atoms with E-state index in [1.807, 2.05) is 0 Å². The van der Waals surface area contributed by atoms with Crippen LogP contribution in [-0.2, 0) is 10.1 Å². The summed E-state index contributed by atoms with van der Waals surface area (Å²) in [5.74, 6) is 0.313. The van der Waals surface area contributed by atoms with Crippen LogP contribution in [0.2, 0.25) is 0 Å². The van der Waals surface area contributed by atoms with Gasteiger partial charge in [0.15, 0.2) is 0 Å². The zero-order chi connectivity index (χ0) is 12.6. The molecule has 0 saturated heterocycles. The first kappa shape index (κ1) is 11.7. The van der Waals surface area contributed by atoms with Crippen LogP contribution in [0.4, 0.5) is 5.69 Å². The predicted molar refractivity (Wildman–Crippen MR) is 64.7 cm³/mol.